The highest BCUT2D eigenvalue weighted by molar-refractivity contribution is 8.00. The highest BCUT2D eigenvalue weighted by atomic mass is 32.2. The van der Waals surface area contributed by atoms with Gasteiger partial charge in [0.25, 0.3) is 5.91 Å². The molecule has 2 heterocycles. The number of ether oxygens (including phenoxy) is 1. The van der Waals surface area contributed by atoms with Crippen LogP contribution in [0.15, 0.2) is 58.9 Å². The molecule has 0 saturated carbocycles. The number of anilines is 1. The molecular weight excluding hydrogens is 488 g/mol. The fourth-order valence-corrected chi connectivity index (χ4v) is 5.77. The molecule has 2 aromatic heterocycles. The minimum absolute atomic E-state index is 0.128. The summed E-state index contributed by atoms with van der Waals surface area (Å²) in [7, 11) is 0. The summed E-state index contributed by atoms with van der Waals surface area (Å²) in [5.74, 6) is 0.621. The molecule has 176 valence electrons. The van der Waals surface area contributed by atoms with E-state index in [4.69, 9.17) is 4.74 Å². The first-order valence-electron chi connectivity index (χ1n) is 10.8. The first-order chi connectivity index (χ1) is 16.6. The smallest absolute Gasteiger partial charge is 0.258 e. The number of aryl methyl sites for hydroxylation is 1. The lowest BCUT2D eigenvalue weighted by atomic mass is 10.2. The van der Waals surface area contributed by atoms with Gasteiger partial charge in [0.1, 0.15) is 5.75 Å². The Hall–Kier alpha value is -2.95. The average Bonchev–Trinajstić information content (AvgIpc) is 3.43. The van der Waals surface area contributed by atoms with E-state index in [0.717, 1.165) is 27.2 Å². The normalized spacial score (nSPS) is 11.6. The largest absolute Gasteiger partial charge is 0.494 e. The fraction of sp³-hybridized carbons (Fsp3) is 0.250. The molecule has 0 aliphatic rings. The molecule has 34 heavy (non-hydrogen) atoms. The van der Waals surface area contributed by atoms with Crippen LogP contribution in [0.1, 0.15) is 13.8 Å². The number of carbonyl (C=O) groups excluding carboxylic acids is 2. The Kier molecular flexibility index (Phi) is 8.15. The second-order valence-electron chi connectivity index (χ2n) is 7.14. The molecule has 0 fully saturated rings. The molecule has 0 spiro atoms. The summed E-state index contributed by atoms with van der Waals surface area (Å²) in [6, 6.07) is 15.7. The van der Waals surface area contributed by atoms with Gasteiger partial charge in [-0.1, -0.05) is 41.7 Å². The third-order valence-electron chi connectivity index (χ3n) is 4.78. The Morgan fingerprint density at radius 3 is 2.74 bits per heavy atom. The molecule has 0 bridgehead atoms. The predicted octanol–water partition coefficient (Wildman–Crippen LogP) is 5.04. The lowest BCUT2D eigenvalue weighted by molar-refractivity contribution is -0.115. The molecule has 2 amide bonds. The number of carbonyl (C=O) groups is 2. The van der Waals surface area contributed by atoms with Crippen molar-refractivity contribution in [3.8, 4) is 17.0 Å². The monoisotopic (exact) mass is 512 g/mol. The number of fused-ring (bicyclic) bond motifs is 1. The van der Waals surface area contributed by atoms with Crippen LogP contribution in [0.4, 0.5) is 5.13 Å². The second-order valence-corrected chi connectivity index (χ2v) is 9.99. The van der Waals surface area contributed by atoms with Crippen LogP contribution in [0.5, 0.6) is 5.75 Å². The first-order valence-corrected chi connectivity index (χ1v) is 13.6. The van der Waals surface area contributed by atoms with Gasteiger partial charge < -0.3 is 14.6 Å². The van der Waals surface area contributed by atoms with E-state index in [1.807, 2.05) is 72.3 Å². The summed E-state index contributed by atoms with van der Waals surface area (Å²) < 4.78 is 8.60. The fourth-order valence-electron chi connectivity index (χ4n) is 3.30. The molecule has 0 radical (unpaired) electrons. The summed E-state index contributed by atoms with van der Waals surface area (Å²) in [5, 5.41) is 5.25. The summed E-state index contributed by atoms with van der Waals surface area (Å²) in [4.78, 5) is 34.2. The number of nitrogens with zero attached hydrogens (tertiary/aromatic N) is 3. The van der Waals surface area contributed by atoms with E-state index in [0.29, 0.717) is 23.1 Å². The number of amides is 2. The van der Waals surface area contributed by atoms with E-state index in [-0.39, 0.29) is 23.3 Å². The third-order valence-corrected chi connectivity index (χ3v) is 7.50. The third kappa shape index (κ3) is 5.94. The standard InChI is InChI=1S/C24H24N4O3S3/c1-3-28-19-11-10-17(31-4-2)12-20(19)34-24(28)27-22(30)15-32-14-21(29)26-23-25-18(13-33-23)16-8-6-5-7-9-16/h5-13H,3-4,14-15H2,1-2H3,(H,25,26,29). The van der Waals surface area contributed by atoms with Crippen LogP contribution < -0.4 is 14.9 Å². The van der Waals surface area contributed by atoms with Crippen molar-refractivity contribution in [2.45, 2.75) is 20.4 Å². The van der Waals surface area contributed by atoms with Crippen LogP contribution in [-0.2, 0) is 16.1 Å². The summed E-state index contributed by atoms with van der Waals surface area (Å²) in [5.41, 5.74) is 2.84. The SMILES string of the molecule is CCOc1ccc2c(c1)sc(=NC(=O)CSCC(=O)Nc1nc(-c3ccccc3)cs1)n2CC. The highest BCUT2D eigenvalue weighted by Crippen LogP contribution is 2.25. The Bertz CT molecular complexity index is 1360. The first kappa shape index (κ1) is 24.2. The number of aromatic nitrogens is 2. The van der Waals surface area contributed by atoms with Crippen LogP contribution in [-0.4, -0.2) is 39.5 Å². The van der Waals surface area contributed by atoms with Crippen molar-refractivity contribution < 1.29 is 14.3 Å². The molecule has 7 nitrogen and oxygen atoms in total. The zero-order valence-corrected chi connectivity index (χ0v) is 21.3. The lowest BCUT2D eigenvalue weighted by Gasteiger charge is -2.03. The van der Waals surface area contributed by atoms with Crippen LogP contribution >= 0.6 is 34.4 Å². The highest BCUT2D eigenvalue weighted by Gasteiger charge is 2.11. The summed E-state index contributed by atoms with van der Waals surface area (Å²) in [6.45, 7) is 5.27. The van der Waals surface area contributed by atoms with Crippen molar-refractivity contribution in [3.63, 3.8) is 0 Å². The van der Waals surface area contributed by atoms with Gasteiger partial charge >= 0.3 is 0 Å². The number of hydrogen-bond donors (Lipinski definition) is 1. The van der Waals surface area contributed by atoms with Crippen molar-refractivity contribution in [1.82, 2.24) is 9.55 Å². The molecule has 2 aromatic carbocycles. The molecule has 10 heteroatoms. The molecular formula is C24H24N4O3S3. The van der Waals surface area contributed by atoms with E-state index >= 15 is 0 Å². The van der Waals surface area contributed by atoms with E-state index in [1.165, 1.54) is 34.4 Å². The quantitative estimate of drug-likeness (QED) is 0.339. The molecule has 0 saturated heterocycles. The van der Waals surface area contributed by atoms with Gasteiger partial charge in [0.05, 0.1) is 34.0 Å². The van der Waals surface area contributed by atoms with Gasteiger partial charge in [-0.2, -0.15) is 4.99 Å². The van der Waals surface area contributed by atoms with E-state index in [2.05, 4.69) is 15.3 Å². The Morgan fingerprint density at radius 1 is 1.15 bits per heavy atom. The minimum Gasteiger partial charge on any atom is -0.494 e. The van der Waals surface area contributed by atoms with E-state index in [1.54, 1.807) is 0 Å². The van der Waals surface area contributed by atoms with Crippen molar-refractivity contribution in [1.29, 1.82) is 0 Å². The van der Waals surface area contributed by atoms with Gasteiger partial charge in [0.15, 0.2) is 9.93 Å². The number of benzene rings is 2. The average molecular weight is 513 g/mol. The van der Waals surface area contributed by atoms with Crippen LogP contribution in [0.2, 0.25) is 0 Å². The second kappa shape index (κ2) is 11.5. The van der Waals surface area contributed by atoms with Gasteiger partial charge in [-0.3, -0.25) is 9.59 Å². The van der Waals surface area contributed by atoms with Crippen molar-refractivity contribution >= 4 is 61.6 Å². The summed E-state index contributed by atoms with van der Waals surface area (Å²) in [6.07, 6.45) is 0. The maximum atomic E-state index is 12.5. The molecule has 1 N–H and O–H groups in total. The minimum atomic E-state index is -0.266. The molecule has 0 unspecified atom stereocenters. The Morgan fingerprint density at radius 2 is 1.97 bits per heavy atom. The van der Waals surface area contributed by atoms with Gasteiger partial charge in [-0.15, -0.1) is 23.1 Å². The number of thioether (sulfide) groups is 1. The molecule has 4 rings (SSSR count). The summed E-state index contributed by atoms with van der Waals surface area (Å²) >= 11 is 4.07. The van der Waals surface area contributed by atoms with Crippen LogP contribution in [0, 0.1) is 0 Å². The van der Waals surface area contributed by atoms with Crippen molar-refractivity contribution in [2.24, 2.45) is 4.99 Å². The number of rotatable bonds is 9. The molecule has 0 atom stereocenters. The maximum Gasteiger partial charge on any atom is 0.258 e. The van der Waals surface area contributed by atoms with Gasteiger partial charge in [-0.25, -0.2) is 4.98 Å². The maximum absolute atomic E-state index is 12.5. The van der Waals surface area contributed by atoms with E-state index in [9.17, 15) is 9.59 Å². The molecule has 0 aliphatic carbocycles. The van der Waals surface area contributed by atoms with Gasteiger partial charge in [0, 0.05) is 17.5 Å². The molecule has 0 aliphatic heterocycles. The van der Waals surface area contributed by atoms with E-state index < -0.39 is 0 Å². The predicted molar refractivity (Wildman–Crippen MR) is 141 cm³/mol. The van der Waals surface area contributed by atoms with Crippen molar-refractivity contribution in [3.05, 3.63) is 58.7 Å². The Labute approximate surface area is 209 Å². The van der Waals surface area contributed by atoms with Gasteiger partial charge in [0.2, 0.25) is 5.91 Å². The number of hydrogen-bond acceptors (Lipinski definition) is 7. The number of nitrogens with one attached hydrogen (secondary N) is 1. The lowest BCUT2D eigenvalue weighted by Crippen LogP contribution is -2.18. The zero-order valence-electron chi connectivity index (χ0n) is 18.8. The van der Waals surface area contributed by atoms with Crippen LogP contribution in [0.3, 0.4) is 0 Å². The molecule has 4 aromatic rings. The van der Waals surface area contributed by atoms with Gasteiger partial charge in [-0.05, 0) is 32.0 Å². The zero-order chi connectivity index (χ0) is 23.9. The van der Waals surface area contributed by atoms with Crippen LogP contribution in [0.25, 0.3) is 21.5 Å². The Balaban J connectivity index is 1.34. The van der Waals surface area contributed by atoms with Crippen molar-refractivity contribution in [2.75, 3.05) is 23.4 Å². The topological polar surface area (TPSA) is 85.6 Å². The number of thiazole rings is 2.